The molecule has 4 rings (SSSR count). The van der Waals surface area contributed by atoms with Crippen molar-refractivity contribution in [3.63, 3.8) is 0 Å². The molecule has 5 nitrogen and oxygen atoms in total. The van der Waals surface area contributed by atoms with E-state index in [0.29, 0.717) is 12.0 Å². The largest absolute Gasteiger partial charge is 0.497 e. The SMILES string of the molecule is COc1ccc(-c2cnc(-c3cc[n+](CC4CO4)cc3)o2)cc1. The molecule has 3 aromatic rings. The molecule has 5 heteroatoms. The quantitative estimate of drug-likeness (QED) is 0.537. The van der Waals surface area contributed by atoms with Gasteiger partial charge in [0, 0.05) is 23.3 Å². The smallest absolute Gasteiger partial charge is 0.227 e. The Bertz CT molecular complexity index is 790. The van der Waals surface area contributed by atoms with E-state index in [4.69, 9.17) is 13.9 Å². The molecule has 1 atom stereocenters. The van der Waals surface area contributed by atoms with Crippen molar-refractivity contribution in [1.29, 1.82) is 0 Å². The number of hydrogen-bond acceptors (Lipinski definition) is 4. The predicted molar refractivity (Wildman–Crippen MR) is 83.9 cm³/mol. The molecule has 1 saturated heterocycles. The van der Waals surface area contributed by atoms with E-state index in [-0.39, 0.29) is 0 Å². The summed E-state index contributed by atoms with van der Waals surface area (Å²) in [7, 11) is 1.65. The monoisotopic (exact) mass is 309 g/mol. The van der Waals surface area contributed by atoms with Gasteiger partial charge < -0.3 is 13.9 Å². The molecule has 1 unspecified atom stereocenters. The van der Waals surface area contributed by atoms with Crippen LogP contribution in [0.15, 0.2) is 59.4 Å². The molecule has 1 aliphatic rings. The number of nitrogens with zero attached hydrogens (tertiary/aromatic N) is 2. The average Bonchev–Trinajstić information content (AvgIpc) is 3.28. The third-order valence-corrected chi connectivity index (χ3v) is 3.84. The van der Waals surface area contributed by atoms with Crippen LogP contribution in [0.2, 0.25) is 0 Å². The normalized spacial score (nSPS) is 16.3. The molecule has 0 aliphatic carbocycles. The van der Waals surface area contributed by atoms with Crippen molar-refractivity contribution in [3.05, 3.63) is 55.0 Å². The number of ether oxygens (including phenoxy) is 2. The van der Waals surface area contributed by atoms with Crippen molar-refractivity contribution in [2.75, 3.05) is 13.7 Å². The number of oxazole rings is 1. The minimum absolute atomic E-state index is 0.370. The van der Waals surface area contributed by atoms with E-state index in [0.717, 1.165) is 35.8 Å². The Morgan fingerprint density at radius 1 is 1.13 bits per heavy atom. The molecule has 2 aromatic heterocycles. The fourth-order valence-corrected chi connectivity index (χ4v) is 2.43. The second kappa shape index (κ2) is 5.85. The van der Waals surface area contributed by atoms with Gasteiger partial charge in [0.25, 0.3) is 0 Å². The molecule has 116 valence electrons. The summed E-state index contributed by atoms with van der Waals surface area (Å²) in [5.41, 5.74) is 1.93. The van der Waals surface area contributed by atoms with Gasteiger partial charge in [-0.15, -0.1) is 0 Å². The van der Waals surface area contributed by atoms with E-state index in [2.05, 4.69) is 9.55 Å². The first kappa shape index (κ1) is 14.0. The molecule has 0 spiro atoms. The van der Waals surface area contributed by atoms with Crippen LogP contribution in [0, 0.1) is 0 Å². The zero-order chi connectivity index (χ0) is 15.6. The number of epoxide rings is 1. The number of pyridine rings is 1. The molecular weight excluding hydrogens is 292 g/mol. The molecule has 3 heterocycles. The summed E-state index contributed by atoms with van der Waals surface area (Å²) in [4.78, 5) is 4.38. The van der Waals surface area contributed by atoms with Crippen LogP contribution in [0.4, 0.5) is 0 Å². The lowest BCUT2D eigenvalue weighted by molar-refractivity contribution is -0.698. The minimum atomic E-state index is 0.370. The van der Waals surface area contributed by atoms with E-state index < -0.39 is 0 Å². The van der Waals surface area contributed by atoms with Crippen LogP contribution >= 0.6 is 0 Å². The van der Waals surface area contributed by atoms with Crippen molar-refractivity contribution < 1.29 is 18.5 Å². The first-order valence-corrected chi connectivity index (χ1v) is 7.53. The number of rotatable bonds is 5. The Morgan fingerprint density at radius 3 is 2.52 bits per heavy atom. The predicted octanol–water partition coefficient (Wildman–Crippen LogP) is 2.70. The van der Waals surface area contributed by atoms with Crippen molar-refractivity contribution >= 4 is 0 Å². The Kier molecular flexibility index (Phi) is 3.55. The molecule has 1 aliphatic heterocycles. The summed E-state index contributed by atoms with van der Waals surface area (Å²) >= 11 is 0. The molecule has 0 radical (unpaired) electrons. The Morgan fingerprint density at radius 2 is 1.87 bits per heavy atom. The number of hydrogen-bond donors (Lipinski definition) is 0. The third-order valence-electron chi connectivity index (χ3n) is 3.84. The van der Waals surface area contributed by atoms with Gasteiger partial charge in [0.2, 0.25) is 5.89 Å². The maximum Gasteiger partial charge on any atom is 0.227 e. The lowest BCUT2D eigenvalue weighted by Crippen LogP contribution is -2.35. The minimum Gasteiger partial charge on any atom is -0.497 e. The topological polar surface area (TPSA) is 51.7 Å². The summed E-state index contributed by atoms with van der Waals surface area (Å²) in [6, 6.07) is 11.7. The summed E-state index contributed by atoms with van der Waals surface area (Å²) in [6.07, 6.45) is 6.16. The zero-order valence-electron chi connectivity index (χ0n) is 12.8. The van der Waals surface area contributed by atoms with Gasteiger partial charge in [-0.2, -0.15) is 0 Å². The fraction of sp³-hybridized carbons (Fsp3) is 0.222. The molecule has 0 saturated carbocycles. The molecular formula is C18H17N2O3+. The van der Waals surface area contributed by atoms with E-state index in [9.17, 15) is 0 Å². The Labute approximate surface area is 134 Å². The van der Waals surface area contributed by atoms with Gasteiger partial charge in [0.1, 0.15) is 11.9 Å². The molecule has 0 bridgehead atoms. The van der Waals surface area contributed by atoms with Gasteiger partial charge in [-0.05, 0) is 24.3 Å². The molecule has 1 aromatic carbocycles. The van der Waals surface area contributed by atoms with E-state index in [1.165, 1.54) is 0 Å². The summed E-state index contributed by atoms with van der Waals surface area (Å²) in [5, 5.41) is 0. The Hall–Kier alpha value is -2.66. The van der Waals surface area contributed by atoms with Crippen LogP contribution in [-0.4, -0.2) is 24.8 Å². The van der Waals surface area contributed by atoms with Gasteiger partial charge in [0.15, 0.2) is 24.7 Å². The number of benzene rings is 1. The number of methoxy groups -OCH3 is 1. The number of aromatic nitrogens is 2. The van der Waals surface area contributed by atoms with Gasteiger partial charge >= 0.3 is 0 Å². The van der Waals surface area contributed by atoms with Crippen molar-refractivity contribution in [1.82, 2.24) is 4.98 Å². The van der Waals surface area contributed by atoms with E-state index in [1.54, 1.807) is 13.3 Å². The van der Waals surface area contributed by atoms with Crippen molar-refractivity contribution in [3.8, 4) is 28.5 Å². The second-order valence-corrected chi connectivity index (χ2v) is 5.50. The fourth-order valence-electron chi connectivity index (χ4n) is 2.43. The highest BCUT2D eigenvalue weighted by Gasteiger charge is 2.27. The van der Waals surface area contributed by atoms with Gasteiger partial charge in [0.05, 0.1) is 19.9 Å². The third kappa shape index (κ3) is 3.10. The average molecular weight is 309 g/mol. The molecule has 0 N–H and O–H groups in total. The second-order valence-electron chi connectivity index (χ2n) is 5.50. The van der Waals surface area contributed by atoms with Crippen molar-refractivity contribution in [2.45, 2.75) is 12.6 Å². The van der Waals surface area contributed by atoms with Crippen LogP contribution in [0.5, 0.6) is 5.75 Å². The van der Waals surface area contributed by atoms with Gasteiger partial charge in [-0.25, -0.2) is 9.55 Å². The lowest BCUT2D eigenvalue weighted by Gasteiger charge is -2.00. The highest BCUT2D eigenvalue weighted by atomic mass is 16.6. The van der Waals surface area contributed by atoms with Crippen molar-refractivity contribution in [2.24, 2.45) is 0 Å². The summed E-state index contributed by atoms with van der Waals surface area (Å²) in [5.74, 6) is 2.18. The molecule has 0 amide bonds. The van der Waals surface area contributed by atoms with Gasteiger partial charge in [-0.3, -0.25) is 0 Å². The summed E-state index contributed by atoms with van der Waals surface area (Å²) in [6.45, 7) is 1.75. The van der Waals surface area contributed by atoms with Crippen LogP contribution < -0.4 is 9.30 Å². The van der Waals surface area contributed by atoms with E-state index in [1.807, 2.05) is 48.8 Å². The highest BCUT2D eigenvalue weighted by Crippen LogP contribution is 2.26. The van der Waals surface area contributed by atoms with Crippen LogP contribution in [0.3, 0.4) is 0 Å². The molecule has 23 heavy (non-hydrogen) atoms. The zero-order valence-corrected chi connectivity index (χ0v) is 12.8. The maximum absolute atomic E-state index is 5.88. The maximum atomic E-state index is 5.88. The first-order valence-electron chi connectivity index (χ1n) is 7.53. The summed E-state index contributed by atoms with van der Waals surface area (Å²) < 4.78 is 18.4. The van der Waals surface area contributed by atoms with Crippen LogP contribution in [-0.2, 0) is 11.3 Å². The highest BCUT2D eigenvalue weighted by molar-refractivity contribution is 5.61. The lowest BCUT2D eigenvalue weighted by atomic mass is 10.2. The van der Waals surface area contributed by atoms with Crippen LogP contribution in [0.1, 0.15) is 0 Å². The first-order chi connectivity index (χ1) is 11.3. The van der Waals surface area contributed by atoms with Gasteiger partial charge in [-0.1, -0.05) is 0 Å². The van der Waals surface area contributed by atoms with Crippen LogP contribution in [0.25, 0.3) is 22.8 Å². The molecule has 1 fully saturated rings. The van der Waals surface area contributed by atoms with E-state index >= 15 is 0 Å². The Balaban J connectivity index is 1.54. The standard InChI is InChI=1S/C18H17N2O3/c1-21-15-4-2-13(3-5-15)17-10-19-18(23-17)14-6-8-20(9-7-14)11-16-12-22-16/h2-10,16H,11-12H2,1H3/q+1.